The van der Waals surface area contributed by atoms with E-state index >= 15 is 0 Å². The first kappa shape index (κ1) is 19.0. The first-order valence-electron chi connectivity index (χ1n) is 10.5. The van der Waals surface area contributed by atoms with Crippen LogP contribution in [-0.4, -0.2) is 41.1 Å². The average Bonchev–Trinajstić information content (AvgIpc) is 3.23. The van der Waals surface area contributed by atoms with Crippen molar-refractivity contribution < 1.29 is 9.90 Å². The molecule has 1 aliphatic heterocycles. The summed E-state index contributed by atoms with van der Waals surface area (Å²) in [6, 6.07) is 18.9. The van der Waals surface area contributed by atoms with Gasteiger partial charge < -0.3 is 14.9 Å². The molecule has 4 rings (SSSR count). The van der Waals surface area contributed by atoms with Crippen molar-refractivity contribution in [3.05, 3.63) is 65.7 Å². The number of hydrogen-bond donors (Lipinski definition) is 1. The molecular weight excluding hydrogens is 348 g/mol. The molecule has 1 N–H and O–H groups in total. The largest absolute Gasteiger partial charge is 0.391 e. The van der Waals surface area contributed by atoms with Gasteiger partial charge in [-0.1, -0.05) is 61.4 Å². The highest BCUT2D eigenvalue weighted by molar-refractivity contribution is 5.78. The van der Waals surface area contributed by atoms with Gasteiger partial charge in [0.15, 0.2) is 0 Å². The van der Waals surface area contributed by atoms with Crippen molar-refractivity contribution in [2.75, 3.05) is 18.0 Å². The first-order valence-corrected chi connectivity index (χ1v) is 10.5. The molecule has 1 amide bonds. The van der Waals surface area contributed by atoms with Gasteiger partial charge in [0.1, 0.15) is 0 Å². The van der Waals surface area contributed by atoms with Crippen molar-refractivity contribution in [1.82, 2.24) is 4.90 Å². The fraction of sp³-hybridized carbons (Fsp3) is 0.458. The predicted molar refractivity (Wildman–Crippen MR) is 112 cm³/mol. The lowest BCUT2D eigenvalue weighted by atomic mass is 10.0. The minimum Gasteiger partial charge on any atom is -0.391 e. The van der Waals surface area contributed by atoms with E-state index in [4.69, 9.17) is 0 Å². The lowest BCUT2D eigenvalue weighted by molar-refractivity contribution is -0.134. The third-order valence-electron chi connectivity index (χ3n) is 6.10. The highest BCUT2D eigenvalue weighted by Crippen LogP contribution is 2.30. The van der Waals surface area contributed by atoms with Crippen LogP contribution in [0.25, 0.3) is 0 Å². The molecule has 0 saturated heterocycles. The lowest BCUT2D eigenvalue weighted by Crippen LogP contribution is -2.44. The van der Waals surface area contributed by atoms with E-state index in [1.165, 1.54) is 18.4 Å². The Kier molecular flexibility index (Phi) is 5.96. The van der Waals surface area contributed by atoms with Crippen molar-refractivity contribution in [3.63, 3.8) is 0 Å². The summed E-state index contributed by atoms with van der Waals surface area (Å²) in [5, 5.41) is 10.7. The molecule has 2 aromatic carbocycles. The van der Waals surface area contributed by atoms with E-state index in [2.05, 4.69) is 34.1 Å². The molecule has 28 heavy (non-hydrogen) atoms. The number of hydrogen-bond acceptors (Lipinski definition) is 3. The Morgan fingerprint density at radius 1 is 1.00 bits per heavy atom. The standard InChI is InChI=1S/C24H30N2O2/c27-22(16-19-8-2-1-3-9-19)18-25-15-14-24(28)26(21-11-5-6-12-21)17-20-10-4-7-13-23(20)25/h1-4,7-10,13,21-22,27H,5-6,11-12,14-18H2. The van der Waals surface area contributed by atoms with Crippen molar-refractivity contribution in [1.29, 1.82) is 0 Å². The fourth-order valence-electron chi connectivity index (χ4n) is 4.66. The Balaban J connectivity index is 1.51. The van der Waals surface area contributed by atoms with E-state index in [9.17, 15) is 9.90 Å². The molecule has 1 fully saturated rings. The molecule has 4 heteroatoms. The van der Waals surface area contributed by atoms with E-state index in [1.54, 1.807) is 0 Å². The summed E-state index contributed by atoms with van der Waals surface area (Å²) in [4.78, 5) is 17.2. The number of aliphatic hydroxyl groups excluding tert-OH is 1. The van der Waals surface area contributed by atoms with Gasteiger partial charge >= 0.3 is 0 Å². The number of carbonyl (C=O) groups excluding carboxylic acids is 1. The number of nitrogens with zero attached hydrogens (tertiary/aromatic N) is 2. The number of fused-ring (bicyclic) bond motifs is 1. The van der Waals surface area contributed by atoms with Crippen LogP contribution in [0, 0.1) is 0 Å². The van der Waals surface area contributed by atoms with E-state index in [-0.39, 0.29) is 5.91 Å². The van der Waals surface area contributed by atoms with E-state index < -0.39 is 6.10 Å². The number of anilines is 1. The summed E-state index contributed by atoms with van der Waals surface area (Å²) in [7, 11) is 0. The number of rotatable bonds is 5. The SMILES string of the molecule is O=C1CCN(CC(O)Cc2ccccc2)c2ccccc2CN1C1CCCC1. The second-order valence-corrected chi connectivity index (χ2v) is 8.13. The number of carbonyl (C=O) groups is 1. The lowest BCUT2D eigenvalue weighted by Gasteiger charge is -2.36. The van der Waals surface area contributed by atoms with Crippen LogP contribution in [0.15, 0.2) is 54.6 Å². The number of benzene rings is 2. The maximum Gasteiger partial charge on any atom is 0.224 e. The van der Waals surface area contributed by atoms with Crippen LogP contribution in [0.2, 0.25) is 0 Å². The molecule has 2 aromatic rings. The maximum atomic E-state index is 12.9. The van der Waals surface area contributed by atoms with Gasteiger partial charge in [-0.3, -0.25) is 4.79 Å². The Morgan fingerprint density at radius 2 is 1.71 bits per heavy atom. The first-order chi connectivity index (χ1) is 13.7. The number of para-hydroxylation sites is 1. The van der Waals surface area contributed by atoms with Crippen LogP contribution in [0.3, 0.4) is 0 Å². The monoisotopic (exact) mass is 378 g/mol. The predicted octanol–water partition coefficient (Wildman–Crippen LogP) is 3.77. The van der Waals surface area contributed by atoms with Crippen LogP contribution < -0.4 is 4.90 Å². The van der Waals surface area contributed by atoms with Gasteiger partial charge in [0.05, 0.1) is 6.10 Å². The van der Waals surface area contributed by atoms with Crippen LogP contribution in [0.4, 0.5) is 5.69 Å². The molecule has 2 aliphatic rings. The quantitative estimate of drug-likeness (QED) is 0.861. The molecular formula is C24H30N2O2. The second kappa shape index (κ2) is 8.78. The summed E-state index contributed by atoms with van der Waals surface area (Å²) >= 11 is 0. The van der Waals surface area contributed by atoms with Crippen LogP contribution in [0.1, 0.15) is 43.2 Å². The number of β-amino-alcohol motifs (C(OH)–C–C–N with tert-alkyl or cyclic N) is 1. The molecule has 1 saturated carbocycles. The zero-order chi connectivity index (χ0) is 19.3. The molecule has 0 spiro atoms. The smallest absolute Gasteiger partial charge is 0.224 e. The van der Waals surface area contributed by atoms with Crippen molar-refractivity contribution in [3.8, 4) is 0 Å². The highest BCUT2D eigenvalue weighted by Gasteiger charge is 2.30. The third kappa shape index (κ3) is 4.39. The molecule has 0 aromatic heterocycles. The van der Waals surface area contributed by atoms with Gasteiger partial charge in [0.25, 0.3) is 0 Å². The molecule has 1 heterocycles. The van der Waals surface area contributed by atoms with Gasteiger partial charge in [-0.15, -0.1) is 0 Å². The van der Waals surface area contributed by atoms with Gasteiger partial charge in [-0.05, 0) is 30.0 Å². The summed E-state index contributed by atoms with van der Waals surface area (Å²) in [5.41, 5.74) is 3.48. The minimum absolute atomic E-state index is 0.254. The fourth-order valence-corrected chi connectivity index (χ4v) is 4.66. The topological polar surface area (TPSA) is 43.8 Å². The van der Waals surface area contributed by atoms with Crippen LogP contribution >= 0.6 is 0 Å². The van der Waals surface area contributed by atoms with Gasteiger partial charge in [0, 0.05) is 44.2 Å². The summed E-state index contributed by atoms with van der Waals surface area (Å²) in [6.45, 7) is 1.89. The maximum absolute atomic E-state index is 12.9. The Hall–Kier alpha value is -2.33. The van der Waals surface area contributed by atoms with Gasteiger partial charge in [-0.25, -0.2) is 0 Å². The average molecular weight is 379 g/mol. The summed E-state index contributed by atoms with van der Waals surface area (Å²) in [5.74, 6) is 0.254. The molecule has 0 radical (unpaired) electrons. The van der Waals surface area contributed by atoms with Crippen LogP contribution in [-0.2, 0) is 17.8 Å². The molecule has 1 unspecified atom stereocenters. The Bertz CT molecular complexity index is 786. The Morgan fingerprint density at radius 3 is 2.50 bits per heavy atom. The van der Waals surface area contributed by atoms with Crippen LogP contribution in [0.5, 0.6) is 0 Å². The van der Waals surface area contributed by atoms with Gasteiger partial charge in [-0.2, -0.15) is 0 Å². The molecule has 1 atom stereocenters. The van der Waals surface area contributed by atoms with E-state index in [0.29, 0.717) is 38.5 Å². The van der Waals surface area contributed by atoms with Crippen molar-refractivity contribution >= 4 is 11.6 Å². The Labute approximate surface area is 167 Å². The third-order valence-corrected chi connectivity index (χ3v) is 6.10. The molecule has 0 bridgehead atoms. The van der Waals surface area contributed by atoms with Crippen molar-refractivity contribution in [2.45, 2.75) is 57.2 Å². The summed E-state index contributed by atoms with van der Waals surface area (Å²) in [6.07, 6.45) is 5.41. The highest BCUT2D eigenvalue weighted by atomic mass is 16.3. The van der Waals surface area contributed by atoms with Gasteiger partial charge in [0.2, 0.25) is 5.91 Å². The minimum atomic E-state index is -0.462. The molecule has 1 aliphatic carbocycles. The van der Waals surface area contributed by atoms with Crippen molar-refractivity contribution in [2.24, 2.45) is 0 Å². The molecule has 148 valence electrons. The summed E-state index contributed by atoms with van der Waals surface area (Å²) < 4.78 is 0. The molecule has 4 nitrogen and oxygen atoms in total. The normalized spacial score (nSPS) is 19.2. The number of aliphatic hydroxyl groups is 1. The van der Waals surface area contributed by atoms with E-state index in [1.807, 2.05) is 30.3 Å². The zero-order valence-corrected chi connectivity index (χ0v) is 16.5. The number of amides is 1. The zero-order valence-electron chi connectivity index (χ0n) is 16.5. The second-order valence-electron chi connectivity index (χ2n) is 8.13. The van der Waals surface area contributed by atoms with E-state index in [0.717, 1.165) is 24.1 Å².